The third-order valence-electron chi connectivity index (χ3n) is 9.75. The lowest BCUT2D eigenvalue weighted by atomic mass is 9.98. The van der Waals surface area contributed by atoms with Gasteiger partial charge in [0, 0.05) is 59.9 Å². The maximum Gasteiger partial charge on any atom is 0.305 e. The zero-order valence-corrected chi connectivity index (χ0v) is 31.5. The van der Waals surface area contributed by atoms with Gasteiger partial charge in [0.1, 0.15) is 12.2 Å². The van der Waals surface area contributed by atoms with E-state index < -0.39 is 24.1 Å². The van der Waals surface area contributed by atoms with Crippen molar-refractivity contribution in [1.29, 1.82) is 0 Å². The molecule has 0 aliphatic carbocycles. The number of hydrogen-bond donors (Lipinski definition) is 2. The number of fused-ring (bicyclic) bond motifs is 8. The molecule has 2 atom stereocenters. The first-order valence-corrected chi connectivity index (χ1v) is 17.3. The molecule has 2 unspecified atom stereocenters. The molecule has 2 N–H and O–H groups in total. The summed E-state index contributed by atoms with van der Waals surface area (Å²) in [4.78, 5) is 66.1. The summed E-state index contributed by atoms with van der Waals surface area (Å²) in [6.07, 6.45) is -0.0339. The zero-order valence-electron chi connectivity index (χ0n) is 31.5. The van der Waals surface area contributed by atoms with Crippen molar-refractivity contribution < 1.29 is 38.1 Å². The van der Waals surface area contributed by atoms with Crippen LogP contribution in [-0.2, 0) is 51.0 Å². The first kappa shape index (κ1) is 37.7. The largest absolute Gasteiger partial charge is 0.469 e. The molecule has 0 saturated heterocycles. The van der Waals surface area contributed by atoms with E-state index in [1.807, 2.05) is 65.8 Å². The number of nitrogens with zero attached hydrogens (tertiary/aromatic N) is 2. The Balaban J connectivity index is 1.93. The summed E-state index contributed by atoms with van der Waals surface area (Å²) in [5, 5.41) is 0. The number of carbonyl (C=O) groups excluding carboxylic acids is 4. The van der Waals surface area contributed by atoms with Crippen molar-refractivity contribution in [2.24, 2.45) is 0 Å². The monoisotopic (exact) mass is 710 g/mol. The first-order valence-electron chi connectivity index (χ1n) is 17.3. The number of H-pyrrole nitrogens is 2. The van der Waals surface area contributed by atoms with Crippen LogP contribution < -0.4 is 0 Å². The first-order chi connectivity index (χ1) is 24.6. The van der Waals surface area contributed by atoms with Crippen molar-refractivity contribution in [1.82, 2.24) is 19.9 Å². The van der Waals surface area contributed by atoms with Gasteiger partial charge in [-0.1, -0.05) is 0 Å². The van der Waals surface area contributed by atoms with Crippen LogP contribution in [0.15, 0.2) is 24.3 Å². The second kappa shape index (κ2) is 15.4. The average molecular weight is 711 g/mol. The Hall–Kier alpha value is -5.52. The highest BCUT2D eigenvalue weighted by Gasteiger charge is 2.28. The Morgan fingerprint density at radius 2 is 0.981 bits per heavy atom. The van der Waals surface area contributed by atoms with Crippen LogP contribution in [0.1, 0.15) is 99.4 Å². The molecule has 0 saturated carbocycles. The van der Waals surface area contributed by atoms with Crippen molar-refractivity contribution in [3.63, 3.8) is 0 Å². The number of aromatic nitrogens is 4. The molecule has 0 aromatic carbocycles. The number of aromatic amines is 2. The fraction of sp³-hybridized carbons (Fsp3) is 0.400. The highest BCUT2D eigenvalue weighted by molar-refractivity contribution is 5.97. The number of hydrogen-bond acceptors (Lipinski definition) is 10. The Morgan fingerprint density at radius 1 is 0.596 bits per heavy atom. The second-order valence-corrected chi connectivity index (χ2v) is 13.2. The normalized spacial score (nSPS) is 13.9. The summed E-state index contributed by atoms with van der Waals surface area (Å²) in [7, 11) is 2.74. The number of carbonyl (C=O) groups is 4. The number of aryl methyl sites for hydroxylation is 4. The van der Waals surface area contributed by atoms with Gasteiger partial charge in [-0.05, 0) is 112 Å². The predicted octanol–water partition coefficient (Wildman–Crippen LogP) is 6.91. The molecule has 3 aromatic rings. The van der Waals surface area contributed by atoms with Gasteiger partial charge in [-0.3, -0.25) is 19.2 Å². The van der Waals surface area contributed by atoms with Crippen molar-refractivity contribution in [2.75, 3.05) is 14.2 Å². The Bertz CT molecular complexity index is 2200. The van der Waals surface area contributed by atoms with E-state index in [2.05, 4.69) is 9.97 Å². The van der Waals surface area contributed by atoms with Crippen LogP contribution in [0.25, 0.3) is 44.4 Å². The maximum atomic E-state index is 12.3. The summed E-state index contributed by atoms with van der Waals surface area (Å²) in [6.45, 7) is 14.2. The molecule has 2 aliphatic heterocycles. The lowest BCUT2D eigenvalue weighted by molar-refractivity contribution is -0.144. The predicted molar refractivity (Wildman–Crippen MR) is 199 cm³/mol. The fourth-order valence-electron chi connectivity index (χ4n) is 7.09. The summed E-state index contributed by atoms with van der Waals surface area (Å²) in [5.74, 6) is -1.49. The molecular weight excluding hydrogens is 664 g/mol. The third-order valence-corrected chi connectivity index (χ3v) is 9.75. The lowest BCUT2D eigenvalue weighted by Crippen LogP contribution is -2.14. The average Bonchev–Trinajstić information content (AvgIpc) is 3.74. The van der Waals surface area contributed by atoms with Gasteiger partial charge < -0.3 is 28.9 Å². The summed E-state index contributed by atoms with van der Waals surface area (Å²) in [5.41, 5.74) is 12.4. The summed E-state index contributed by atoms with van der Waals surface area (Å²) < 4.78 is 21.3. The van der Waals surface area contributed by atoms with E-state index in [9.17, 15) is 19.2 Å². The van der Waals surface area contributed by atoms with Crippen LogP contribution in [0.4, 0.5) is 0 Å². The number of rotatable bonds is 10. The number of ether oxygens (including phenoxy) is 4. The van der Waals surface area contributed by atoms with Gasteiger partial charge in [0.15, 0.2) is 0 Å². The van der Waals surface area contributed by atoms with E-state index in [-0.39, 0.29) is 24.8 Å². The lowest BCUT2D eigenvalue weighted by Gasteiger charge is -2.15. The molecular formula is C40H46N4O8. The van der Waals surface area contributed by atoms with Crippen molar-refractivity contribution in [3.8, 4) is 0 Å². The maximum absolute atomic E-state index is 12.3. The van der Waals surface area contributed by atoms with Gasteiger partial charge in [0.05, 0.1) is 37.0 Å². The van der Waals surface area contributed by atoms with Gasteiger partial charge in [0.2, 0.25) is 0 Å². The summed E-state index contributed by atoms with van der Waals surface area (Å²) in [6, 6.07) is 7.75. The molecule has 12 nitrogen and oxygen atoms in total. The van der Waals surface area contributed by atoms with Gasteiger partial charge >= 0.3 is 23.9 Å². The zero-order chi connectivity index (χ0) is 38.0. The highest BCUT2D eigenvalue weighted by atomic mass is 16.5. The molecule has 2 aliphatic rings. The van der Waals surface area contributed by atoms with Gasteiger partial charge in [0.25, 0.3) is 0 Å². The smallest absolute Gasteiger partial charge is 0.305 e. The van der Waals surface area contributed by atoms with E-state index in [0.29, 0.717) is 35.6 Å². The second-order valence-electron chi connectivity index (χ2n) is 13.2. The van der Waals surface area contributed by atoms with E-state index in [4.69, 9.17) is 28.9 Å². The number of allylic oxidation sites excluding steroid dienone is 2. The van der Waals surface area contributed by atoms with Crippen LogP contribution in [0.3, 0.4) is 0 Å². The van der Waals surface area contributed by atoms with E-state index in [1.54, 1.807) is 0 Å². The van der Waals surface area contributed by atoms with Gasteiger partial charge in [-0.15, -0.1) is 0 Å². The Labute approximate surface area is 302 Å². The SMILES string of the molecule is COC(=O)CCc1c(C)c2cc3nc(cc4nc(cc5[nH]c(cc1[nH]2)c(CCC(=O)OC)c5C)C(C(C)OC(C)=O)=C4C)C(C(C)OC(C)=O)=C3C. The van der Waals surface area contributed by atoms with E-state index in [1.165, 1.54) is 28.1 Å². The minimum atomic E-state index is -0.615. The van der Waals surface area contributed by atoms with Crippen molar-refractivity contribution in [2.45, 2.75) is 93.3 Å². The van der Waals surface area contributed by atoms with Gasteiger partial charge in [-0.25, -0.2) is 9.97 Å². The van der Waals surface area contributed by atoms with E-state index in [0.717, 1.165) is 66.6 Å². The van der Waals surface area contributed by atoms with E-state index >= 15 is 0 Å². The Morgan fingerprint density at radius 3 is 1.38 bits per heavy atom. The standard InChI is InChI=1S/C40H46N4O8/c1-19-27(11-13-37(47)49-9)33-18-34-28(12-14-38(48)50-10)20(2)30(42-34)16-35-40(24(6)52-26(8)46)22(4)32(44-35)17-36-39(23(5)51-25(7)45)21(3)31(43-36)15-29(19)41-33/h15-18,23-24,41-42H,11-14H2,1-10H3. The van der Waals surface area contributed by atoms with Crippen LogP contribution in [0.2, 0.25) is 0 Å². The molecule has 0 spiro atoms. The van der Waals surface area contributed by atoms with Crippen LogP contribution in [0.5, 0.6) is 0 Å². The topological polar surface area (TPSA) is 163 Å². The molecule has 5 rings (SSSR count). The molecule has 0 radical (unpaired) electrons. The molecule has 0 fully saturated rings. The summed E-state index contributed by atoms with van der Waals surface area (Å²) >= 11 is 0. The highest BCUT2D eigenvalue weighted by Crippen LogP contribution is 2.38. The molecule has 3 aromatic heterocycles. The number of methoxy groups -OCH3 is 2. The molecule has 8 bridgehead atoms. The molecule has 274 valence electrons. The molecule has 5 heterocycles. The molecule has 12 heteroatoms. The van der Waals surface area contributed by atoms with Crippen LogP contribution in [-0.4, -0.2) is 70.2 Å². The van der Waals surface area contributed by atoms with Crippen LogP contribution >= 0.6 is 0 Å². The van der Waals surface area contributed by atoms with Crippen molar-refractivity contribution >= 4 is 68.2 Å². The Kier molecular flexibility index (Phi) is 11.2. The number of esters is 4. The van der Waals surface area contributed by atoms with Crippen molar-refractivity contribution in [3.05, 3.63) is 69.3 Å². The third kappa shape index (κ3) is 7.70. The minimum absolute atomic E-state index is 0.174. The molecule has 0 amide bonds. The minimum Gasteiger partial charge on any atom is -0.469 e. The molecule has 52 heavy (non-hydrogen) atoms. The number of nitrogens with one attached hydrogen (secondary N) is 2. The van der Waals surface area contributed by atoms with Crippen LogP contribution in [0, 0.1) is 13.8 Å². The fourth-order valence-corrected chi connectivity index (χ4v) is 7.09. The van der Waals surface area contributed by atoms with Gasteiger partial charge in [-0.2, -0.15) is 0 Å². The quantitative estimate of drug-likeness (QED) is 0.167.